The van der Waals surface area contributed by atoms with E-state index in [4.69, 9.17) is 0 Å². The van der Waals surface area contributed by atoms with Crippen molar-refractivity contribution in [2.24, 2.45) is 0 Å². The summed E-state index contributed by atoms with van der Waals surface area (Å²) in [5.41, 5.74) is -0.107. The molecule has 8 heteroatoms. The van der Waals surface area contributed by atoms with E-state index in [1.807, 2.05) is 12.2 Å². The van der Waals surface area contributed by atoms with E-state index in [0.717, 1.165) is 4.57 Å². The van der Waals surface area contributed by atoms with E-state index in [1.165, 1.54) is 21.5 Å². The second-order valence-electron chi connectivity index (χ2n) is 4.71. The third-order valence-corrected chi connectivity index (χ3v) is 3.41. The smallest absolute Gasteiger partial charge is 0.258 e. The van der Waals surface area contributed by atoms with Crippen molar-refractivity contribution >= 4 is 5.69 Å². The maximum atomic E-state index is 12.2. The van der Waals surface area contributed by atoms with E-state index >= 15 is 0 Å². The number of nitro benzene ring substituents is 1. The maximum absolute atomic E-state index is 12.2. The molecule has 0 saturated carbocycles. The Balaban J connectivity index is 1.96. The molecule has 0 N–H and O–H groups in total. The fourth-order valence-corrected chi connectivity index (χ4v) is 2.31. The molecule has 0 atom stereocenters. The molecule has 1 aromatic carbocycles. The lowest BCUT2D eigenvalue weighted by atomic mass is 10.2. The Morgan fingerprint density at radius 1 is 1.00 bits per heavy atom. The lowest BCUT2D eigenvalue weighted by Crippen LogP contribution is -2.29. The number of allylic oxidation sites excluding steroid dienone is 2. The van der Waals surface area contributed by atoms with Crippen molar-refractivity contribution in [2.75, 3.05) is 0 Å². The molecular formula is C13H12N4O4. The standard InChI is InChI=1S/C13H12N4O4/c18-12-14(13(19)16-8-2-1-7-15(12)16)9-10-3-5-11(6-4-10)17(20)21/h1-6H,7-9H2. The van der Waals surface area contributed by atoms with Crippen molar-refractivity contribution in [2.45, 2.75) is 19.6 Å². The average molecular weight is 288 g/mol. The highest BCUT2D eigenvalue weighted by Crippen LogP contribution is 2.12. The fraction of sp³-hybridized carbons (Fsp3) is 0.231. The first-order valence-electron chi connectivity index (χ1n) is 6.36. The molecule has 8 nitrogen and oxygen atoms in total. The Morgan fingerprint density at radius 3 is 2.00 bits per heavy atom. The first-order valence-corrected chi connectivity index (χ1v) is 6.36. The molecule has 3 rings (SSSR count). The van der Waals surface area contributed by atoms with Gasteiger partial charge >= 0.3 is 11.4 Å². The number of fused-ring (bicyclic) bond motifs is 1. The number of aromatic nitrogens is 3. The lowest BCUT2D eigenvalue weighted by Gasteiger charge is -2.08. The van der Waals surface area contributed by atoms with Gasteiger partial charge in [-0.15, -0.1) is 0 Å². The Morgan fingerprint density at radius 2 is 1.52 bits per heavy atom. The zero-order valence-electron chi connectivity index (χ0n) is 11.0. The van der Waals surface area contributed by atoms with Crippen molar-refractivity contribution in [3.8, 4) is 0 Å². The van der Waals surface area contributed by atoms with Crippen LogP contribution in [0.25, 0.3) is 0 Å². The number of hydrogen-bond donors (Lipinski definition) is 0. The van der Waals surface area contributed by atoms with Crippen LogP contribution in [0.3, 0.4) is 0 Å². The minimum absolute atomic E-state index is 0.0248. The summed E-state index contributed by atoms with van der Waals surface area (Å²) < 4.78 is 3.90. The Labute approximate surface area is 118 Å². The van der Waals surface area contributed by atoms with Gasteiger partial charge in [-0.3, -0.25) is 10.1 Å². The molecule has 0 unspecified atom stereocenters. The van der Waals surface area contributed by atoms with Crippen LogP contribution in [0.2, 0.25) is 0 Å². The summed E-state index contributed by atoms with van der Waals surface area (Å²) in [7, 11) is 0. The molecule has 1 aliphatic rings. The topological polar surface area (TPSA) is 92.1 Å². The molecule has 0 bridgehead atoms. The molecule has 108 valence electrons. The number of nitrogens with zero attached hydrogens (tertiary/aromatic N) is 4. The highest BCUT2D eigenvalue weighted by atomic mass is 16.6. The molecular weight excluding hydrogens is 276 g/mol. The van der Waals surface area contributed by atoms with Gasteiger partial charge in [0.05, 0.1) is 24.6 Å². The second-order valence-corrected chi connectivity index (χ2v) is 4.71. The van der Waals surface area contributed by atoms with Crippen LogP contribution in [-0.4, -0.2) is 18.9 Å². The number of benzene rings is 1. The van der Waals surface area contributed by atoms with Crippen LogP contribution in [0, 0.1) is 10.1 Å². The van der Waals surface area contributed by atoms with Gasteiger partial charge in [-0.25, -0.2) is 23.5 Å². The third kappa shape index (κ3) is 2.20. The molecule has 0 aliphatic carbocycles. The largest absolute Gasteiger partial charge is 0.347 e. The summed E-state index contributed by atoms with van der Waals surface area (Å²) >= 11 is 0. The predicted molar refractivity (Wildman–Crippen MR) is 74.3 cm³/mol. The number of rotatable bonds is 3. The zero-order valence-corrected chi connectivity index (χ0v) is 11.0. The van der Waals surface area contributed by atoms with Crippen LogP contribution in [-0.2, 0) is 19.6 Å². The summed E-state index contributed by atoms with van der Waals surface area (Å²) in [5, 5.41) is 10.6. The van der Waals surface area contributed by atoms with E-state index in [-0.39, 0.29) is 23.6 Å². The maximum Gasteiger partial charge on any atom is 0.347 e. The van der Waals surface area contributed by atoms with Crippen molar-refractivity contribution in [3.05, 3.63) is 73.1 Å². The summed E-state index contributed by atoms with van der Waals surface area (Å²) in [5.74, 6) is 0. The fourth-order valence-electron chi connectivity index (χ4n) is 2.31. The molecule has 0 fully saturated rings. The molecule has 0 spiro atoms. The summed E-state index contributed by atoms with van der Waals surface area (Å²) in [6.07, 6.45) is 3.66. The molecule has 2 heterocycles. The minimum atomic E-state index is -0.492. The van der Waals surface area contributed by atoms with Crippen LogP contribution in [0.1, 0.15) is 5.56 Å². The van der Waals surface area contributed by atoms with Gasteiger partial charge < -0.3 is 0 Å². The average Bonchev–Trinajstić information content (AvgIpc) is 2.73. The first kappa shape index (κ1) is 13.1. The SMILES string of the molecule is O=c1n(Cc2ccc([N+](=O)[O-])cc2)c(=O)n2n1CC=CC2. The van der Waals surface area contributed by atoms with E-state index < -0.39 is 4.92 Å². The second kappa shape index (κ2) is 4.89. The van der Waals surface area contributed by atoms with Crippen molar-refractivity contribution in [3.63, 3.8) is 0 Å². The van der Waals surface area contributed by atoms with Gasteiger partial charge in [-0.05, 0) is 5.56 Å². The number of non-ortho nitro benzene ring substituents is 1. The Bertz CT molecular complexity index is 799. The predicted octanol–water partition coefficient (Wildman–Crippen LogP) is 0.338. The number of hydrogen-bond acceptors (Lipinski definition) is 4. The Hall–Kier alpha value is -2.90. The molecule has 1 aliphatic heterocycles. The molecule has 0 radical (unpaired) electrons. The quantitative estimate of drug-likeness (QED) is 0.462. The van der Waals surface area contributed by atoms with Gasteiger partial charge in [-0.1, -0.05) is 24.3 Å². The van der Waals surface area contributed by atoms with Gasteiger partial charge in [0, 0.05) is 12.1 Å². The van der Waals surface area contributed by atoms with Crippen LogP contribution >= 0.6 is 0 Å². The molecule has 0 amide bonds. The minimum Gasteiger partial charge on any atom is -0.258 e. The van der Waals surface area contributed by atoms with E-state index in [1.54, 1.807) is 12.1 Å². The third-order valence-electron chi connectivity index (χ3n) is 3.41. The van der Waals surface area contributed by atoms with Gasteiger partial charge in [0.1, 0.15) is 0 Å². The summed E-state index contributed by atoms with van der Waals surface area (Å²) in [6.45, 7) is 0.853. The van der Waals surface area contributed by atoms with Crippen LogP contribution in [0.5, 0.6) is 0 Å². The monoisotopic (exact) mass is 288 g/mol. The van der Waals surface area contributed by atoms with E-state index in [9.17, 15) is 19.7 Å². The molecule has 1 aromatic heterocycles. The molecule has 21 heavy (non-hydrogen) atoms. The summed E-state index contributed by atoms with van der Waals surface area (Å²) in [6, 6.07) is 5.80. The van der Waals surface area contributed by atoms with Crippen molar-refractivity contribution in [1.82, 2.24) is 13.9 Å². The van der Waals surface area contributed by atoms with E-state index in [2.05, 4.69) is 0 Å². The Kier molecular flexibility index (Phi) is 3.05. The van der Waals surface area contributed by atoms with Crippen molar-refractivity contribution < 1.29 is 4.92 Å². The summed E-state index contributed by atoms with van der Waals surface area (Å²) in [4.78, 5) is 34.5. The first-order chi connectivity index (χ1) is 10.1. The zero-order chi connectivity index (χ0) is 15.0. The van der Waals surface area contributed by atoms with Crippen LogP contribution < -0.4 is 11.4 Å². The normalized spacial score (nSPS) is 13.1. The van der Waals surface area contributed by atoms with Gasteiger partial charge in [0.15, 0.2) is 0 Å². The molecule has 0 saturated heterocycles. The highest BCUT2D eigenvalue weighted by Gasteiger charge is 2.16. The highest BCUT2D eigenvalue weighted by molar-refractivity contribution is 5.32. The lowest BCUT2D eigenvalue weighted by molar-refractivity contribution is -0.384. The van der Waals surface area contributed by atoms with Gasteiger partial charge in [-0.2, -0.15) is 0 Å². The number of nitro groups is 1. The van der Waals surface area contributed by atoms with Crippen LogP contribution in [0.4, 0.5) is 5.69 Å². The van der Waals surface area contributed by atoms with Crippen molar-refractivity contribution in [1.29, 1.82) is 0 Å². The van der Waals surface area contributed by atoms with Crippen LogP contribution in [0.15, 0.2) is 46.0 Å². The molecule has 2 aromatic rings. The van der Waals surface area contributed by atoms with E-state index in [0.29, 0.717) is 18.7 Å². The van der Waals surface area contributed by atoms with Gasteiger partial charge in [0.2, 0.25) is 0 Å². The van der Waals surface area contributed by atoms with Gasteiger partial charge in [0.25, 0.3) is 5.69 Å².